The van der Waals surface area contributed by atoms with Gasteiger partial charge in [0.25, 0.3) is 0 Å². The van der Waals surface area contributed by atoms with Gasteiger partial charge in [-0.25, -0.2) is 0 Å². The quantitative estimate of drug-likeness (QED) is 0.130. The van der Waals surface area contributed by atoms with E-state index in [0.717, 1.165) is 0 Å². The van der Waals surface area contributed by atoms with Gasteiger partial charge in [0.15, 0.2) is 17.5 Å². The third-order valence-electron chi connectivity index (χ3n) is 4.93. The molecule has 16 N–H and O–H groups in total. The van der Waals surface area contributed by atoms with Gasteiger partial charge in [-0.2, -0.15) is 44.9 Å². The van der Waals surface area contributed by atoms with Crippen LogP contribution < -0.4 is 34.4 Å². The molecule has 0 aliphatic heterocycles. The van der Waals surface area contributed by atoms with Crippen molar-refractivity contribution < 1.29 is 27.8 Å². The summed E-state index contributed by atoms with van der Waals surface area (Å²) in [5.41, 5.74) is 38.9. The minimum absolute atomic E-state index is 0. The van der Waals surface area contributed by atoms with Crippen LogP contribution in [-0.2, 0) is 43.2 Å². The number of anilines is 6. The minimum Gasteiger partial charge on any atom is -0.412 e. The van der Waals surface area contributed by atoms with Crippen molar-refractivity contribution in [1.82, 2.24) is 44.9 Å². The average molecular weight is 796 g/mol. The van der Waals surface area contributed by atoms with Gasteiger partial charge in [0.1, 0.15) is 0 Å². The monoisotopic (exact) mass is 795 g/mol. The van der Waals surface area contributed by atoms with Crippen LogP contribution in [0.15, 0.2) is 0 Å². The van der Waals surface area contributed by atoms with Crippen LogP contribution >= 0.6 is 0 Å². The molecule has 21 nitrogen and oxygen atoms in total. The molecule has 3 heterocycles. The zero-order valence-electron chi connectivity index (χ0n) is 30.3. The number of rotatable bonds is 3. The largest absolute Gasteiger partial charge is 0.412 e. The van der Waals surface area contributed by atoms with E-state index in [9.17, 15) is 16.8 Å². The van der Waals surface area contributed by atoms with E-state index >= 15 is 0 Å². The Morgan fingerprint density at radius 3 is 0.569 bits per heavy atom. The van der Waals surface area contributed by atoms with Crippen molar-refractivity contribution in [2.24, 2.45) is 0 Å². The van der Waals surface area contributed by atoms with Crippen molar-refractivity contribution in [2.45, 2.75) is 20.8 Å². The van der Waals surface area contributed by atoms with E-state index in [1.54, 1.807) is 50.0 Å². The van der Waals surface area contributed by atoms with Crippen molar-refractivity contribution in [3.63, 3.8) is 0 Å². The van der Waals surface area contributed by atoms with Gasteiger partial charge in [-0.05, 0) is 37.5 Å². The fourth-order valence-electron chi connectivity index (χ4n) is 3.79. The van der Waals surface area contributed by atoms with Crippen LogP contribution in [0, 0.1) is 20.8 Å². The van der Waals surface area contributed by atoms with Crippen LogP contribution in [-0.4, -0.2) is 123 Å². The van der Waals surface area contributed by atoms with Crippen LogP contribution in [0.4, 0.5) is 35.7 Å². The number of hydrogen-bond acceptors (Lipinski definition) is 19. The van der Waals surface area contributed by atoms with E-state index in [1.807, 2.05) is 20.8 Å². The van der Waals surface area contributed by atoms with Crippen molar-refractivity contribution >= 4 is 78.9 Å². The first-order valence-electron chi connectivity index (χ1n) is 13.4. The summed E-state index contributed by atoms with van der Waals surface area (Å²) in [6, 6.07) is 0. The molecular weight excluding hydrogens is 747 g/mol. The topological polar surface area (TPSA) is 403 Å². The summed E-state index contributed by atoms with van der Waals surface area (Å²) in [5.74, 6) is 0.478. The minimum atomic E-state index is -0.611. The maximum Gasteiger partial charge on any atom is 0.225 e. The van der Waals surface area contributed by atoms with Gasteiger partial charge in [0.2, 0.25) is 35.7 Å². The predicted molar refractivity (Wildman–Crippen MR) is 211 cm³/mol. The summed E-state index contributed by atoms with van der Waals surface area (Å²) >= 11 is 0. The van der Waals surface area contributed by atoms with E-state index in [0.29, 0.717) is 33.4 Å². The average Bonchev–Trinajstić information content (AvgIpc) is 2.85. The Morgan fingerprint density at radius 1 is 0.333 bits per heavy atom. The van der Waals surface area contributed by atoms with Gasteiger partial charge in [0, 0.05) is 110 Å². The smallest absolute Gasteiger partial charge is 0.225 e. The van der Waals surface area contributed by atoms with Gasteiger partial charge < -0.3 is 45.4 Å². The Hall–Kier alpha value is -4.43. The van der Waals surface area contributed by atoms with Crippen LogP contribution in [0.3, 0.4) is 0 Å². The highest BCUT2D eigenvalue weighted by molar-refractivity contribution is 7.84. The maximum absolute atomic E-state index is 9.56. The second-order valence-corrected chi connectivity index (χ2v) is 16.0. The molecule has 3 aromatic heterocycles. The molecule has 25 heteroatoms. The molecule has 4 aromatic rings. The zero-order valence-corrected chi connectivity index (χ0v) is 33.5. The molecule has 51 heavy (non-hydrogen) atoms. The summed E-state index contributed by atoms with van der Waals surface area (Å²) in [6.07, 6.45) is 13.1. The molecule has 4 rings (SSSR count). The Labute approximate surface area is 306 Å². The summed E-state index contributed by atoms with van der Waals surface area (Å²) in [5, 5.41) is 0. The summed E-state index contributed by atoms with van der Waals surface area (Å²) in [4.78, 5) is 37.1. The fourth-order valence-corrected chi connectivity index (χ4v) is 3.79. The number of nitrogens with zero attached hydrogens (tertiary/aromatic N) is 9. The lowest BCUT2D eigenvalue weighted by molar-refractivity contribution is 0.689. The first kappa shape index (κ1) is 50.9. The van der Waals surface area contributed by atoms with Crippen molar-refractivity contribution in [3.05, 3.63) is 16.7 Å². The van der Waals surface area contributed by atoms with Gasteiger partial charge in [0.05, 0.1) is 0 Å². The van der Waals surface area contributed by atoms with E-state index < -0.39 is 43.2 Å². The molecule has 0 saturated heterocycles. The third kappa shape index (κ3) is 18.9. The molecule has 1 aromatic carbocycles. The first-order chi connectivity index (χ1) is 22.5. The highest BCUT2D eigenvalue weighted by Gasteiger charge is 2.26. The normalized spacial score (nSPS) is 9.86. The molecule has 0 bridgehead atoms. The van der Waals surface area contributed by atoms with Gasteiger partial charge >= 0.3 is 0 Å². The lowest BCUT2D eigenvalue weighted by Crippen LogP contribution is -2.11. The molecule has 288 valence electrons. The Balaban J connectivity index is -0.00000108. The summed E-state index contributed by atoms with van der Waals surface area (Å²) < 4.78 is 38.2. The lowest BCUT2D eigenvalue weighted by atomic mass is 9.87. The molecule has 0 spiro atoms. The first-order valence-corrected chi connectivity index (χ1v) is 21.3. The highest BCUT2D eigenvalue weighted by atomic mass is 32.2. The standard InChI is InChI=1S/C18H21N15.4C2H6OS.2H2O/c1-4-7(10-25-13(19)31-14(20)26-10)5(2)9(12-29-17(23)33-18(24)30-12)6(3)8(4)11-27-15(21)32-16(22)28-11;4*1-4(2)3;;/h1-3H3,(H4,19,20,25,26,31)(H4,21,22,27,28,32)(H4,23,24,29,30,33);4*1-2H3;2*1H2. The molecule has 0 saturated carbocycles. The number of nitrogens with two attached hydrogens (primary N) is 6. The molecule has 0 aliphatic carbocycles. The van der Waals surface area contributed by atoms with E-state index in [-0.39, 0.29) is 64.1 Å². The number of hydrogen-bond donors (Lipinski definition) is 6. The SMILES string of the molecule is CS(C)=O.CS(C)=O.CS(C)=O.CS(C)=O.Cc1c(-c2nc(N)nc(N)n2)c(C)c(-c2nc(N)nc(N)n2)c(C)c1-c1nc(N)nc(N)n1.O.O. The zero-order chi connectivity index (χ0) is 38.3. The molecular formula is C26H49N15O6S4. The number of benzene rings is 1. The van der Waals surface area contributed by atoms with Crippen molar-refractivity contribution in [3.8, 4) is 34.2 Å². The summed E-state index contributed by atoms with van der Waals surface area (Å²) in [6.45, 7) is 5.53. The van der Waals surface area contributed by atoms with Crippen molar-refractivity contribution in [1.29, 1.82) is 0 Å². The lowest BCUT2D eigenvalue weighted by Gasteiger charge is -2.21. The molecule has 0 atom stereocenters. The van der Waals surface area contributed by atoms with Crippen LogP contribution in [0.1, 0.15) is 16.7 Å². The molecule has 0 fully saturated rings. The predicted octanol–water partition coefficient (Wildman–Crippen LogP) is -2.01. The molecule has 0 amide bonds. The number of nitrogen functional groups attached to an aromatic ring is 6. The molecule has 0 aliphatic rings. The van der Waals surface area contributed by atoms with Crippen molar-refractivity contribution in [2.75, 3.05) is 84.4 Å². The van der Waals surface area contributed by atoms with E-state index in [1.165, 1.54) is 0 Å². The van der Waals surface area contributed by atoms with Crippen LogP contribution in [0.5, 0.6) is 0 Å². The third-order valence-corrected chi connectivity index (χ3v) is 4.93. The Morgan fingerprint density at radius 2 is 0.451 bits per heavy atom. The van der Waals surface area contributed by atoms with Crippen LogP contribution in [0.2, 0.25) is 0 Å². The Kier molecular flexibility index (Phi) is 23.9. The molecule has 0 radical (unpaired) electrons. The van der Waals surface area contributed by atoms with Crippen LogP contribution in [0.25, 0.3) is 34.2 Å². The van der Waals surface area contributed by atoms with Gasteiger partial charge in [-0.3, -0.25) is 16.8 Å². The van der Waals surface area contributed by atoms with Gasteiger partial charge in [-0.1, -0.05) is 0 Å². The Bertz CT molecular complexity index is 1540. The highest BCUT2D eigenvalue weighted by Crippen LogP contribution is 2.41. The fraction of sp³-hybridized carbons (Fsp3) is 0.423. The van der Waals surface area contributed by atoms with Gasteiger partial charge in [-0.15, -0.1) is 0 Å². The molecule has 0 unspecified atom stereocenters. The van der Waals surface area contributed by atoms with E-state index in [2.05, 4.69) is 44.9 Å². The second-order valence-electron chi connectivity index (χ2n) is 10.1. The summed E-state index contributed by atoms with van der Waals surface area (Å²) in [7, 11) is -2.44. The second kappa shape index (κ2) is 23.9. The maximum atomic E-state index is 9.56. The number of aromatic nitrogens is 9. The van der Waals surface area contributed by atoms with E-state index in [4.69, 9.17) is 34.4 Å².